The van der Waals surface area contributed by atoms with Gasteiger partial charge in [0.25, 0.3) is 0 Å². The lowest BCUT2D eigenvalue weighted by atomic mass is 9.85. The Hall–Kier alpha value is -6.46. The van der Waals surface area contributed by atoms with Crippen LogP contribution in [0.4, 0.5) is 0 Å². The molecular weight excluding hydrogens is 717 g/mol. The van der Waals surface area contributed by atoms with E-state index in [0.717, 1.165) is 46.5 Å². The van der Waals surface area contributed by atoms with E-state index in [1.165, 1.54) is 74.1 Å². The second kappa shape index (κ2) is 13.7. The average molecular weight is 751 g/mol. The van der Waals surface area contributed by atoms with Gasteiger partial charge in [0.05, 0.1) is 11.4 Å². The van der Waals surface area contributed by atoms with Gasteiger partial charge in [-0.15, -0.1) is 22.7 Å². The number of pyridine rings is 2. The normalized spacial score (nSPS) is 12.6. The Labute approximate surface area is 333 Å². The summed E-state index contributed by atoms with van der Waals surface area (Å²) in [5.41, 5.74) is 14.5. The van der Waals surface area contributed by atoms with E-state index in [2.05, 4.69) is 158 Å². The van der Waals surface area contributed by atoms with Crippen LogP contribution in [0.1, 0.15) is 23.1 Å². The van der Waals surface area contributed by atoms with E-state index < -0.39 is 0 Å². The summed E-state index contributed by atoms with van der Waals surface area (Å²) in [6.45, 7) is 0. The van der Waals surface area contributed by atoms with Gasteiger partial charge in [-0.3, -0.25) is 9.97 Å². The number of fused-ring (bicyclic) bond motifs is 4. The lowest BCUT2D eigenvalue weighted by Gasteiger charge is -2.19. The number of hydrogen-bond acceptors (Lipinski definition) is 4. The number of thiophene rings is 2. The molecule has 4 heterocycles. The van der Waals surface area contributed by atoms with Crippen LogP contribution in [0.5, 0.6) is 0 Å². The Morgan fingerprint density at radius 2 is 0.964 bits per heavy atom. The summed E-state index contributed by atoms with van der Waals surface area (Å²) in [5, 5.41) is 5.10. The zero-order chi connectivity index (χ0) is 37.0. The fraction of sp³-hybridized carbons (Fsp3) is 0.0385. The zero-order valence-corrected chi connectivity index (χ0v) is 32.1. The molecule has 0 saturated heterocycles. The van der Waals surface area contributed by atoms with Crippen LogP contribution in [0, 0.1) is 0 Å². The Morgan fingerprint density at radius 1 is 0.411 bits per heavy atom. The van der Waals surface area contributed by atoms with Gasteiger partial charge in [-0.1, -0.05) is 127 Å². The first kappa shape index (κ1) is 32.9. The maximum absolute atomic E-state index is 4.95. The van der Waals surface area contributed by atoms with Crippen molar-refractivity contribution in [3.05, 3.63) is 193 Å². The van der Waals surface area contributed by atoms with Gasteiger partial charge < -0.3 is 0 Å². The van der Waals surface area contributed by atoms with E-state index in [1.807, 2.05) is 47.2 Å². The van der Waals surface area contributed by atoms with E-state index in [1.54, 1.807) is 0 Å². The van der Waals surface area contributed by atoms with Crippen LogP contribution < -0.4 is 0 Å². The first-order valence-corrected chi connectivity index (χ1v) is 20.7. The highest BCUT2D eigenvalue weighted by Crippen LogP contribution is 2.52. The summed E-state index contributed by atoms with van der Waals surface area (Å²) in [5.74, 6) is 0. The minimum absolute atomic E-state index is 0.985. The van der Waals surface area contributed by atoms with Crippen LogP contribution >= 0.6 is 22.7 Å². The topological polar surface area (TPSA) is 25.8 Å². The lowest BCUT2D eigenvalue weighted by Crippen LogP contribution is -1.99. The smallest absolute Gasteiger partial charge is 0.0702 e. The van der Waals surface area contributed by atoms with Crippen LogP contribution in [0.15, 0.2) is 176 Å². The number of hydrogen-bond donors (Lipinski definition) is 0. The standard InChI is InChI=1S/C52H34N2S2/c1-3-13-35(14-4-1)45-25-23-41(31-53-45)47-29-43-49(39-21-19-33-11-7-9-17-37(33)27-39)52-44(50(51(43)55-47)40-22-20-34-12-8-10-18-38(34)28-40)30-48(56-52)42-24-26-46(54-32-42)36-15-5-2-6-16-36/h1-19,21,23-32H,20,22H2. The molecule has 4 aromatic heterocycles. The summed E-state index contributed by atoms with van der Waals surface area (Å²) >= 11 is 3.78. The van der Waals surface area contributed by atoms with Crippen molar-refractivity contribution in [3.8, 4) is 54.5 Å². The molecule has 2 nitrogen and oxygen atoms in total. The monoisotopic (exact) mass is 750 g/mol. The van der Waals surface area contributed by atoms with Crippen molar-refractivity contribution in [2.45, 2.75) is 12.8 Å². The third kappa shape index (κ3) is 5.77. The number of rotatable bonds is 6. The van der Waals surface area contributed by atoms with Gasteiger partial charge in [0.15, 0.2) is 0 Å². The molecule has 0 saturated carbocycles. The second-order valence-corrected chi connectivity index (χ2v) is 16.6. The summed E-state index contributed by atoms with van der Waals surface area (Å²) < 4.78 is 2.64. The molecular formula is C52H34N2S2. The van der Waals surface area contributed by atoms with Gasteiger partial charge in [-0.05, 0) is 88.3 Å². The molecule has 0 unspecified atom stereocenters. The van der Waals surface area contributed by atoms with Crippen molar-refractivity contribution in [1.29, 1.82) is 0 Å². The summed E-state index contributed by atoms with van der Waals surface area (Å²) in [6, 6.07) is 59.0. The Balaban J connectivity index is 1.16. The first-order chi connectivity index (χ1) is 27.7. The van der Waals surface area contributed by atoms with Crippen molar-refractivity contribution < 1.29 is 0 Å². The third-order valence-corrected chi connectivity index (χ3v) is 13.5. The number of aryl methyl sites for hydroxylation is 1. The third-order valence-electron chi connectivity index (χ3n) is 11.1. The fourth-order valence-electron chi connectivity index (χ4n) is 8.27. The first-order valence-electron chi connectivity index (χ1n) is 19.1. The van der Waals surface area contributed by atoms with E-state index >= 15 is 0 Å². The Kier molecular flexibility index (Phi) is 8.05. The highest BCUT2D eigenvalue weighted by atomic mass is 32.1. The summed E-state index contributed by atoms with van der Waals surface area (Å²) in [7, 11) is 0. The largest absolute Gasteiger partial charge is 0.256 e. The van der Waals surface area contributed by atoms with E-state index in [-0.39, 0.29) is 0 Å². The number of allylic oxidation sites excluding steroid dienone is 1. The highest BCUT2D eigenvalue weighted by Gasteiger charge is 2.25. The van der Waals surface area contributed by atoms with Gasteiger partial charge in [-0.2, -0.15) is 0 Å². The highest BCUT2D eigenvalue weighted by molar-refractivity contribution is 7.24. The average Bonchev–Trinajstić information content (AvgIpc) is 3.91. The van der Waals surface area contributed by atoms with E-state index in [4.69, 9.17) is 9.97 Å². The Bertz CT molecular complexity index is 2960. The van der Waals surface area contributed by atoms with Crippen LogP contribution in [0.2, 0.25) is 0 Å². The summed E-state index contributed by atoms with van der Waals surface area (Å²) in [6.07, 6.45) is 8.57. The molecule has 0 bridgehead atoms. The van der Waals surface area contributed by atoms with Gasteiger partial charge in [-0.25, -0.2) is 0 Å². The SMILES string of the molecule is C1=C(c2c3cc(-c4ccc(-c5ccccc5)nc4)sc3c(-c3ccc4ccccc4c3)c3cc(-c4ccc(-c5ccccc5)nc4)sc23)CCc2ccccc21. The Morgan fingerprint density at radius 3 is 1.61 bits per heavy atom. The van der Waals surface area contributed by atoms with Crippen molar-refractivity contribution in [2.24, 2.45) is 0 Å². The van der Waals surface area contributed by atoms with Gasteiger partial charge in [0.2, 0.25) is 0 Å². The van der Waals surface area contributed by atoms with Crippen molar-refractivity contribution in [3.63, 3.8) is 0 Å². The maximum Gasteiger partial charge on any atom is 0.0702 e. The second-order valence-electron chi connectivity index (χ2n) is 14.5. The molecule has 4 heteroatoms. The molecule has 0 N–H and O–H groups in total. The predicted molar refractivity (Wildman–Crippen MR) is 240 cm³/mol. The van der Waals surface area contributed by atoms with Crippen LogP contribution in [-0.2, 0) is 6.42 Å². The fourth-order valence-corrected chi connectivity index (χ4v) is 10.8. The molecule has 0 spiro atoms. The summed E-state index contributed by atoms with van der Waals surface area (Å²) in [4.78, 5) is 12.4. The van der Waals surface area contributed by atoms with Crippen molar-refractivity contribution in [2.75, 3.05) is 0 Å². The quantitative estimate of drug-likeness (QED) is 0.169. The number of nitrogens with zero attached hydrogens (tertiary/aromatic N) is 2. The molecule has 264 valence electrons. The van der Waals surface area contributed by atoms with Crippen LogP contribution in [0.3, 0.4) is 0 Å². The predicted octanol–water partition coefficient (Wildman–Crippen LogP) is 14.9. The van der Waals surface area contributed by atoms with E-state index in [9.17, 15) is 0 Å². The molecule has 0 fully saturated rings. The molecule has 6 aromatic carbocycles. The number of benzene rings is 6. The van der Waals surface area contributed by atoms with Crippen molar-refractivity contribution in [1.82, 2.24) is 9.97 Å². The molecule has 10 aromatic rings. The molecule has 0 radical (unpaired) electrons. The minimum atomic E-state index is 0.985. The van der Waals surface area contributed by atoms with Gasteiger partial charge in [0, 0.05) is 75.7 Å². The van der Waals surface area contributed by atoms with Crippen LogP contribution in [0.25, 0.3) is 97.1 Å². The molecule has 56 heavy (non-hydrogen) atoms. The van der Waals surface area contributed by atoms with E-state index in [0.29, 0.717) is 0 Å². The zero-order valence-electron chi connectivity index (χ0n) is 30.4. The van der Waals surface area contributed by atoms with Crippen molar-refractivity contribution >= 4 is 65.3 Å². The molecule has 1 aliphatic rings. The molecule has 0 amide bonds. The lowest BCUT2D eigenvalue weighted by molar-refractivity contribution is 1.00. The van der Waals surface area contributed by atoms with Gasteiger partial charge >= 0.3 is 0 Å². The number of aromatic nitrogens is 2. The minimum Gasteiger partial charge on any atom is -0.256 e. The van der Waals surface area contributed by atoms with Crippen LogP contribution in [-0.4, -0.2) is 9.97 Å². The molecule has 0 aliphatic heterocycles. The molecule has 11 rings (SSSR count). The maximum atomic E-state index is 4.95. The molecule has 1 aliphatic carbocycles. The molecule has 0 atom stereocenters. The van der Waals surface area contributed by atoms with Gasteiger partial charge in [0.1, 0.15) is 0 Å².